The van der Waals surface area contributed by atoms with E-state index in [0.717, 1.165) is 36.1 Å². The van der Waals surface area contributed by atoms with E-state index in [0.29, 0.717) is 6.42 Å². The summed E-state index contributed by atoms with van der Waals surface area (Å²) in [7, 11) is 0. The highest BCUT2D eigenvalue weighted by molar-refractivity contribution is 9.09. The smallest absolute Gasteiger partial charge is 0.162 e. The van der Waals surface area contributed by atoms with E-state index < -0.39 is 0 Å². The highest BCUT2D eigenvalue weighted by Gasteiger charge is 2.11. The van der Waals surface area contributed by atoms with Gasteiger partial charge in [-0.05, 0) is 52.5 Å². The number of hydrogen-bond acceptors (Lipinski definition) is 2. The van der Waals surface area contributed by atoms with Gasteiger partial charge in [-0.2, -0.15) is 0 Å². The van der Waals surface area contributed by atoms with Crippen molar-refractivity contribution in [1.29, 1.82) is 0 Å². The fourth-order valence-corrected chi connectivity index (χ4v) is 1.96. The summed E-state index contributed by atoms with van der Waals surface area (Å²) in [6.07, 6.45) is 3.42. The van der Waals surface area contributed by atoms with E-state index in [1.807, 2.05) is 25.1 Å². The standard InChI is InChI=1S/C15H21BrO2/c1-4-7-12-10-11(13(17)5-2)8-9-14(12)18-15(16)6-3/h8-10,15H,4-7H2,1-3H3. The van der Waals surface area contributed by atoms with Gasteiger partial charge in [0.15, 0.2) is 10.8 Å². The second-order valence-electron chi connectivity index (χ2n) is 4.29. The Morgan fingerprint density at radius 1 is 1.33 bits per heavy atom. The number of carbonyl (C=O) groups excluding carboxylic acids is 1. The first-order chi connectivity index (χ1) is 8.62. The van der Waals surface area contributed by atoms with E-state index in [1.54, 1.807) is 0 Å². The third-order valence-corrected chi connectivity index (χ3v) is 3.63. The number of halogens is 1. The van der Waals surface area contributed by atoms with Crippen molar-refractivity contribution in [3.8, 4) is 5.75 Å². The van der Waals surface area contributed by atoms with Crippen molar-refractivity contribution < 1.29 is 9.53 Å². The van der Waals surface area contributed by atoms with Crippen molar-refractivity contribution in [1.82, 2.24) is 0 Å². The Kier molecular flexibility index (Phi) is 6.41. The zero-order chi connectivity index (χ0) is 13.5. The van der Waals surface area contributed by atoms with E-state index in [1.165, 1.54) is 0 Å². The lowest BCUT2D eigenvalue weighted by Gasteiger charge is -2.15. The van der Waals surface area contributed by atoms with Crippen LogP contribution in [0.2, 0.25) is 0 Å². The monoisotopic (exact) mass is 312 g/mol. The lowest BCUT2D eigenvalue weighted by Crippen LogP contribution is -2.08. The minimum atomic E-state index is 0.0285. The summed E-state index contributed by atoms with van der Waals surface area (Å²) in [5, 5.41) is 0.0285. The van der Waals surface area contributed by atoms with E-state index in [-0.39, 0.29) is 10.8 Å². The zero-order valence-corrected chi connectivity index (χ0v) is 12.9. The van der Waals surface area contributed by atoms with E-state index in [9.17, 15) is 4.79 Å². The second kappa shape index (κ2) is 7.57. The highest BCUT2D eigenvalue weighted by Crippen LogP contribution is 2.25. The van der Waals surface area contributed by atoms with Crippen LogP contribution in [-0.4, -0.2) is 10.8 Å². The number of ketones is 1. The molecular formula is C15H21BrO2. The number of rotatable bonds is 7. The van der Waals surface area contributed by atoms with E-state index in [2.05, 4.69) is 29.8 Å². The molecule has 0 amide bonds. The Labute approximate surface area is 118 Å². The van der Waals surface area contributed by atoms with Gasteiger partial charge in [-0.25, -0.2) is 0 Å². The summed E-state index contributed by atoms with van der Waals surface area (Å²) in [6, 6.07) is 5.74. The molecule has 0 N–H and O–H groups in total. The van der Waals surface area contributed by atoms with Crippen LogP contribution in [0, 0.1) is 0 Å². The molecule has 0 fully saturated rings. The molecule has 0 spiro atoms. The summed E-state index contributed by atoms with van der Waals surface area (Å²) < 4.78 is 5.82. The fourth-order valence-electron chi connectivity index (χ4n) is 1.76. The van der Waals surface area contributed by atoms with Crippen LogP contribution in [0.5, 0.6) is 5.75 Å². The van der Waals surface area contributed by atoms with Crippen molar-refractivity contribution in [2.75, 3.05) is 0 Å². The first-order valence-corrected chi connectivity index (χ1v) is 7.50. The summed E-state index contributed by atoms with van der Waals surface area (Å²) in [6.45, 7) is 6.08. The molecule has 1 aromatic rings. The van der Waals surface area contributed by atoms with Crippen LogP contribution >= 0.6 is 15.9 Å². The lowest BCUT2D eigenvalue weighted by molar-refractivity contribution is 0.0988. The van der Waals surface area contributed by atoms with Gasteiger partial charge in [-0.15, -0.1) is 0 Å². The van der Waals surface area contributed by atoms with Crippen molar-refractivity contribution in [3.63, 3.8) is 0 Å². The molecule has 0 bridgehead atoms. The van der Waals surface area contributed by atoms with Crippen molar-refractivity contribution in [2.45, 2.75) is 51.5 Å². The number of Topliss-reactive ketones (excluding diaryl/α,β-unsaturated/α-hetero) is 1. The first kappa shape index (κ1) is 15.2. The van der Waals surface area contributed by atoms with E-state index >= 15 is 0 Å². The second-order valence-corrected chi connectivity index (χ2v) is 5.31. The third-order valence-electron chi connectivity index (χ3n) is 2.80. The van der Waals surface area contributed by atoms with Gasteiger partial charge in [0.1, 0.15) is 5.75 Å². The minimum absolute atomic E-state index is 0.0285. The summed E-state index contributed by atoms with van der Waals surface area (Å²) in [4.78, 5) is 11.7. The van der Waals surface area contributed by atoms with Crippen molar-refractivity contribution in [2.24, 2.45) is 0 Å². The molecule has 2 nitrogen and oxygen atoms in total. The number of aryl methyl sites for hydroxylation is 1. The van der Waals surface area contributed by atoms with Crippen molar-refractivity contribution >= 4 is 21.7 Å². The Morgan fingerprint density at radius 2 is 2.06 bits per heavy atom. The fraction of sp³-hybridized carbons (Fsp3) is 0.533. The molecule has 100 valence electrons. The van der Waals surface area contributed by atoms with Gasteiger partial charge < -0.3 is 4.74 Å². The molecule has 0 saturated heterocycles. The largest absolute Gasteiger partial charge is 0.479 e. The van der Waals surface area contributed by atoms with Gasteiger partial charge in [0.05, 0.1) is 0 Å². The van der Waals surface area contributed by atoms with Gasteiger partial charge >= 0.3 is 0 Å². The highest BCUT2D eigenvalue weighted by atomic mass is 79.9. The average Bonchev–Trinajstić information content (AvgIpc) is 2.39. The summed E-state index contributed by atoms with van der Waals surface area (Å²) in [5.74, 6) is 1.07. The number of benzene rings is 1. The normalized spacial score (nSPS) is 12.2. The molecule has 0 aliphatic heterocycles. The lowest BCUT2D eigenvalue weighted by atomic mass is 10.0. The first-order valence-electron chi connectivity index (χ1n) is 6.59. The van der Waals surface area contributed by atoms with Crippen LogP contribution in [0.1, 0.15) is 56.0 Å². The predicted molar refractivity (Wildman–Crippen MR) is 78.7 cm³/mol. The number of carbonyl (C=O) groups is 1. The number of ether oxygens (including phenoxy) is 1. The molecule has 18 heavy (non-hydrogen) atoms. The maximum atomic E-state index is 11.7. The van der Waals surface area contributed by atoms with Gasteiger partial charge in [-0.3, -0.25) is 4.79 Å². The molecule has 1 unspecified atom stereocenters. The molecule has 0 aromatic heterocycles. The molecule has 0 saturated carbocycles. The molecule has 0 heterocycles. The van der Waals surface area contributed by atoms with Crippen LogP contribution in [0.3, 0.4) is 0 Å². The molecular weight excluding hydrogens is 292 g/mol. The van der Waals surface area contributed by atoms with Crippen molar-refractivity contribution in [3.05, 3.63) is 29.3 Å². The van der Waals surface area contributed by atoms with Crippen LogP contribution < -0.4 is 4.74 Å². The van der Waals surface area contributed by atoms with Gasteiger partial charge in [0, 0.05) is 12.0 Å². The predicted octanol–water partition coefficient (Wildman–Crippen LogP) is 4.74. The van der Waals surface area contributed by atoms with E-state index in [4.69, 9.17) is 4.74 Å². The average molecular weight is 313 g/mol. The molecule has 1 atom stereocenters. The Balaban J connectivity index is 3.00. The minimum Gasteiger partial charge on any atom is -0.479 e. The molecule has 3 heteroatoms. The topological polar surface area (TPSA) is 26.3 Å². The van der Waals surface area contributed by atoms with Crippen LogP contribution in [0.4, 0.5) is 0 Å². The number of hydrogen-bond donors (Lipinski definition) is 0. The molecule has 0 radical (unpaired) electrons. The van der Waals surface area contributed by atoms with Gasteiger partial charge in [0.2, 0.25) is 0 Å². The van der Waals surface area contributed by atoms with Gasteiger partial charge in [0.25, 0.3) is 0 Å². The third kappa shape index (κ3) is 4.13. The Bertz CT molecular complexity index is 401. The Hall–Kier alpha value is -0.830. The number of alkyl halides is 1. The zero-order valence-electron chi connectivity index (χ0n) is 11.3. The van der Waals surface area contributed by atoms with Gasteiger partial charge in [-0.1, -0.05) is 27.2 Å². The Morgan fingerprint density at radius 3 is 2.61 bits per heavy atom. The van der Waals surface area contributed by atoms with Crippen LogP contribution in [0.25, 0.3) is 0 Å². The summed E-state index contributed by atoms with van der Waals surface area (Å²) in [5.41, 5.74) is 1.91. The molecule has 1 aromatic carbocycles. The molecule has 0 aliphatic rings. The molecule has 1 rings (SSSR count). The maximum Gasteiger partial charge on any atom is 0.162 e. The SMILES string of the molecule is CCCc1cc(C(=O)CC)ccc1OC(Br)CC. The van der Waals surface area contributed by atoms with Crippen LogP contribution in [-0.2, 0) is 6.42 Å². The molecule has 0 aliphatic carbocycles. The maximum absolute atomic E-state index is 11.7. The quantitative estimate of drug-likeness (QED) is 0.537. The summed E-state index contributed by atoms with van der Waals surface area (Å²) >= 11 is 3.47. The van der Waals surface area contributed by atoms with Crippen LogP contribution in [0.15, 0.2) is 18.2 Å².